The Morgan fingerprint density at radius 3 is 1.79 bits per heavy atom. The molecule has 2 fully saturated rings. The summed E-state index contributed by atoms with van der Waals surface area (Å²) in [6.45, 7) is 16.7. The number of nitrogens with zero attached hydrogens (tertiary/aromatic N) is 2. The Balaban J connectivity index is 0.000000291. The van der Waals surface area contributed by atoms with Crippen LogP contribution < -0.4 is 48.9 Å². The van der Waals surface area contributed by atoms with E-state index in [9.17, 15) is 24.3 Å². The summed E-state index contributed by atoms with van der Waals surface area (Å²) in [6, 6.07) is 6.33. The number of aromatic nitrogens is 1. The number of halogens is 5. The van der Waals surface area contributed by atoms with E-state index in [2.05, 4.69) is 76.9 Å². The number of benzene rings is 2. The maximum Gasteiger partial charge on any atom is 0.337 e. The van der Waals surface area contributed by atoms with Crippen LogP contribution >= 0.6 is 55.1 Å². The number of aromatic amines is 1. The molecule has 2 amide bonds. The average Bonchev–Trinajstić information content (AvgIpc) is 3.28. The Morgan fingerprint density at radius 1 is 0.864 bits per heavy atom. The van der Waals surface area contributed by atoms with E-state index < -0.39 is 5.97 Å². The zero-order chi connectivity index (χ0) is 48.1. The van der Waals surface area contributed by atoms with Crippen LogP contribution in [-0.4, -0.2) is 106 Å². The summed E-state index contributed by atoms with van der Waals surface area (Å²) >= 11 is 19.6. The van der Waals surface area contributed by atoms with Gasteiger partial charge >= 0.3 is 5.97 Å². The zero-order valence-corrected chi connectivity index (χ0v) is 44.2. The van der Waals surface area contributed by atoms with Crippen molar-refractivity contribution in [2.75, 3.05) is 70.1 Å². The Hall–Kier alpha value is -3.39. The minimum Gasteiger partial charge on any atom is -1.00 e. The number of carbonyl (C=O) groups is 3. The molecule has 6 rings (SSSR count). The summed E-state index contributed by atoms with van der Waals surface area (Å²) in [7, 11) is 3.10. The van der Waals surface area contributed by atoms with Crippen molar-refractivity contribution in [3.05, 3.63) is 92.8 Å². The first-order valence-electron chi connectivity index (χ1n) is 21.7. The van der Waals surface area contributed by atoms with Crippen molar-refractivity contribution < 1.29 is 56.6 Å². The van der Waals surface area contributed by atoms with Crippen molar-refractivity contribution in [1.29, 1.82) is 0 Å². The van der Waals surface area contributed by atoms with Gasteiger partial charge in [-0.05, 0) is 134 Å². The predicted octanol–water partition coefficient (Wildman–Crippen LogP) is 4.36. The van der Waals surface area contributed by atoms with Crippen molar-refractivity contribution in [2.45, 2.75) is 92.0 Å². The predicted molar refractivity (Wildman–Crippen MR) is 262 cm³/mol. The Labute approximate surface area is 420 Å². The summed E-state index contributed by atoms with van der Waals surface area (Å²) in [5.74, 6) is -1.04. The van der Waals surface area contributed by atoms with Crippen LogP contribution in [-0.2, 0) is 25.5 Å². The van der Waals surface area contributed by atoms with E-state index >= 15 is 0 Å². The molecule has 20 heteroatoms. The molecule has 0 saturated carbocycles. The van der Waals surface area contributed by atoms with Crippen molar-refractivity contribution in [1.82, 2.24) is 15.6 Å². The number of carboxylic acid groups (broad SMARTS) is 1. The Morgan fingerprint density at radius 2 is 1.35 bits per heavy atom. The van der Waals surface area contributed by atoms with Gasteiger partial charge in [-0.1, -0.05) is 23.2 Å². The van der Waals surface area contributed by atoms with Gasteiger partial charge in [-0.15, -0.1) is 0 Å². The second-order valence-corrected chi connectivity index (χ2v) is 18.4. The van der Waals surface area contributed by atoms with Gasteiger partial charge in [0.05, 0.1) is 53.0 Å². The van der Waals surface area contributed by atoms with Gasteiger partial charge in [-0.2, -0.15) is 0 Å². The first-order valence-corrected chi connectivity index (χ1v) is 24.0. The second kappa shape index (κ2) is 27.0. The molecule has 0 spiro atoms. The Kier molecular flexibility index (Phi) is 23.3. The molecule has 2 unspecified atom stereocenters. The molecule has 1 aromatic heterocycles. The fourth-order valence-electron chi connectivity index (χ4n) is 8.43. The third kappa shape index (κ3) is 14.1. The van der Waals surface area contributed by atoms with Crippen LogP contribution in [0, 0.1) is 26.7 Å². The summed E-state index contributed by atoms with van der Waals surface area (Å²) in [5.41, 5.74) is 9.29. The average molecular weight is 1110 g/mol. The molecule has 4 heterocycles. The lowest BCUT2D eigenvalue weighted by atomic mass is 9.97. The topological polar surface area (TPSA) is 199 Å². The lowest BCUT2D eigenvalue weighted by molar-refractivity contribution is -0.379. The summed E-state index contributed by atoms with van der Waals surface area (Å²) in [4.78, 5) is 55.7. The molecule has 15 nitrogen and oxygen atoms in total. The molecule has 0 bridgehead atoms. The summed E-state index contributed by atoms with van der Waals surface area (Å²) in [5, 5.41) is 15.6. The van der Waals surface area contributed by atoms with Gasteiger partial charge in [-0.25, -0.2) is 4.79 Å². The van der Waals surface area contributed by atoms with Crippen molar-refractivity contribution in [2.24, 2.45) is 5.92 Å². The largest absolute Gasteiger partial charge is 1.00 e. The van der Waals surface area contributed by atoms with Gasteiger partial charge in [0.25, 0.3) is 11.5 Å². The number of hydrogen-bond acceptors (Lipinski definition) is 10. The summed E-state index contributed by atoms with van der Waals surface area (Å²) < 4.78 is 22.7. The molecule has 2 atom stereocenters. The number of carbonyl (C=O) groups excluding carboxylic acids is 2. The van der Waals surface area contributed by atoms with Gasteiger partial charge in [0.2, 0.25) is 5.91 Å². The summed E-state index contributed by atoms with van der Waals surface area (Å²) in [6.07, 6.45) is 5.58. The number of carboxylic acids is 1. The number of hydrogen-bond donors (Lipinski definition) is 5. The SMILES string of the molecule is CCN(c1cc(Br)c(Cl)c(C(=O)NCc2c(OC)cc(C)[nH]c2=O)c1C)C1CCOCC1.CCN(c1cc(Br)c(Cl)c(C(=O)O)c1C)C1CCOCC1.COC1C=C(C)NC(=O)C1C[NH3+].[Cl-]. The molecule has 3 aliphatic heterocycles. The van der Waals surface area contributed by atoms with Crippen LogP contribution in [0.3, 0.4) is 0 Å². The van der Waals surface area contributed by atoms with Crippen molar-refractivity contribution in [3.8, 4) is 5.75 Å². The monoisotopic (exact) mass is 1110 g/mol. The normalized spacial score (nSPS) is 17.4. The second-order valence-electron chi connectivity index (χ2n) is 15.9. The van der Waals surface area contributed by atoms with E-state index in [1.807, 2.05) is 39.0 Å². The van der Waals surface area contributed by atoms with Crippen LogP contribution in [0.5, 0.6) is 5.75 Å². The fourth-order valence-corrected chi connectivity index (χ4v) is 9.82. The van der Waals surface area contributed by atoms with Crippen LogP contribution in [0.15, 0.2) is 43.7 Å². The van der Waals surface area contributed by atoms with E-state index in [0.29, 0.717) is 60.7 Å². The molecule has 2 aromatic carbocycles. The van der Waals surface area contributed by atoms with E-state index in [1.165, 1.54) is 7.11 Å². The van der Waals surface area contributed by atoms with E-state index in [-0.39, 0.29) is 58.9 Å². The van der Waals surface area contributed by atoms with Gasteiger partial charge < -0.3 is 67.6 Å². The Bertz CT molecular complexity index is 2250. The highest BCUT2D eigenvalue weighted by molar-refractivity contribution is 9.10. The molecular weight excluding hydrogens is 1050 g/mol. The minimum atomic E-state index is -0.997. The van der Waals surface area contributed by atoms with Gasteiger partial charge in [0, 0.05) is 90.4 Å². The number of aryl methyl sites for hydroxylation is 1. The molecule has 2 saturated heterocycles. The highest BCUT2D eigenvalue weighted by atomic mass is 79.9. The lowest BCUT2D eigenvalue weighted by Crippen LogP contribution is -3.00. The van der Waals surface area contributed by atoms with Crippen molar-refractivity contribution >= 4 is 84.2 Å². The minimum absolute atomic E-state index is 0. The van der Waals surface area contributed by atoms with Crippen LogP contribution in [0.1, 0.15) is 89.6 Å². The van der Waals surface area contributed by atoms with Crippen LogP contribution in [0.2, 0.25) is 10.0 Å². The number of nitrogens with one attached hydrogen (secondary N) is 3. The van der Waals surface area contributed by atoms with E-state index in [0.717, 1.165) is 87.8 Å². The van der Waals surface area contributed by atoms with Gasteiger partial charge in [0.15, 0.2) is 0 Å². The highest BCUT2D eigenvalue weighted by Gasteiger charge is 2.32. The molecule has 7 N–H and O–H groups in total. The van der Waals surface area contributed by atoms with E-state index in [1.54, 1.807) is 20.1 Å². The van der Waals surface area contributed by atoms with Crippen LogP contribution in [0.25, 0.3) is 0 Å². The van der Waals surface area contributed by atoms with E-state index in [4.69, 9.17) is 42.1 Å². The first kappa shape index (κ1) is 56.9. The number of amides is 2. The number of ether oxygens (including phenoxy) is 4. The van der Waals surface area contributed by atoms with Crippen LogP contribution in [0.4, 0.5) is 11.4 Å². The van der Waals surface area contributed by atoms with Gasteiger partial charge in [-0.3, -0.25) is 14.4 Å². The molecule has 0 radical (unpaired) electrons. The fraction of sp³-hybridized carbons (Fsp3) is 0.522. The molecule has 3 aromatic rings. The molecule has 3 aliphatic rings. The standard InChI is InChI=1S/C23H29BrClN3O4.C15H19BrClNO3.C8H14N2O2.ClH/c1-5-28(15-6-8-32-9-7-15)18-11-17(24)21(25)20(14(18)3)23(30)26-12-16-19(31-4)10-13(2)27-22(16)29;1-3-18(10-4-6-21-7-5-10)12-8-11(16)14(17)13(9(12)2)15(19)20;1-5-3-7(12-2)6(4-9)8(11)10-5;/h10-11,15H,5-9,12H2,1-4H3,(H,26,30)(H,27,29);8,10H,3-7H2,1-2H3,(H,19,20);3,6-7H,4,9H2,1-2H3,(H,10,11);1H. The molecule has 366 valence electrons. The highest BCUT2D eigenvalue weighted by Crippen LogP contribution is 2.39. The molecule has 0 aliphatic carbocycles. The third-order valence-corrected chi connectivity index (χ3v) is 14.3. The molecule has 66 heavy (non-hydrogen) atoms. The number of quaternary nitrogens is 1. The maximum absolute atomic E-state index is 13.2. The lowest BCUT2D eigenvalue weighted by Gasteiger charge is -2.37. The number of allylic oxidation sites excluding steroid dienone is 1. The third-order valence-electron chi connectivity index (χ3n) is 11.8. The van der Waals surface area contributed by atoms with Crippen molar-refractivity contribution in [3.63, 3.8) is 0 Å². The molecular formula is C46H63Br2Cl3N6O9. The van der Waals surface area contributed by atoms with Gasteiger partial charge in [0.1, 0.15) is 11.7 Å². The number of rotatable bonds is 13. The first-order chi connectivity index (χ1) is 30.9. The smallest absolute Gasteiger partial charge is 0.337 e. The maximum atomic E-state index is 13.2. The number of anilines is 2. The number of methoxy groups -OCH3 is 2. The number of pyridine rings is 1. The quantitative estimate of drug-likeness (QED) is 0.163. The number of aromatic carboxylic acids is 1. The number of H-pyrrole nitrogens is 1. The zero-order valence-electron chi connectivity index (χ0n) is 38.8.